The molecule has 3 aromatic rings. The standard InChI is InChI=1S/C19H17FN2O4S/c1-11-15(7-12-2-5-18-13(6-12)9-21-27(18,25)26)16-8-14(20)3-4-17(16)22(11)10-19(23)24/h2-6,8,21H,7,9-10H2,1H3,(H,23,24). The summed E-state index contributed by atoms with van der Waals surface area (Å²) in [6.07, 6.45) is 0.450. The summed E-state index contributed by atoms with van der Waals surface area (Å²) in [7, 11) is -3.42. The molecule has 1 aromatic heterocycles. The Balaban J connectivity index is 1.82. The third-order valence-electron chi connectivity index (χ3n) is 4.96. The number of fused-ring (bicyclic) bond motifs is 2. The Morgan fingerprint density at radius 3 is 2.78 bits per heavy atom. The molecule has 0 fully saturated rings. The van der Waals surface area contributed by atoms with Gasteiger partial charge in [-0.3, -0.25) is 4.79 Å². The first-order chi connectivity index (χ1) is 12.8. The molecule has 0 saturated carbocycles. The zero-order chi connectivity index (χ0) is 19.3. The van der Waals surface area contributed by atoms with Crippen LogP contribution in [0, 0.1) is 12.7 Å². The number of benzene rings is 2. The first-order valence-electron chi connectivity index (χ1n) is 8.37. The van der Waals surface area contributed by atoms with Crippen molar-refractivity contribution in [3.05, 3.63) is 64.6 Å². The van der Waals surface area contributed by atoms with Crippen LogP contribution in [-0.4, -0.2) is 24.1 Å². The topological polar surface area (TPSA) is 88.4 Å². The molecule has 8 heteroatoms. The van der Waals surface area contributed by atoms with E-state index >= 15 is 0 Å². The number of carboxylic acids is 1. The van der Waals surface area contributed by atoms with E-state index in [0.717, 1.165) is 16.8 Å². The predicted molar refractivity (Wildman–Crippen MR) is 97.5 cm³/mol. The third kappa shape index (κ3) is 3.00. The second-order valence-corrected chi connectivity index (χ2v) is 8.38. The smallest absolute Gasteiger partial charge is 0.323 e. The van der Waals surface area contributed by atoms with Crippen LogP contribution >= 0.6 is 0 Å². The van der Waals surface area contributed by atoms with Gasteiger partial charge < -0.3 is 9.67 Å². The van der Waals surface area contributed by atoms with E-state index in [9.17, 15) is 22.7 Å². The summed E-state index contributed by atoms with van der Waals surface area (Å²) in [4.78, 5) is 11.5. The molecule has 1 aliphatic rings. The van der Waals surface area contributed by atoms with E-state index in [-0.39, 0.29) is 23.8 Å². The van der Waals surface area contributed by atoms with Gasteiger partial charge in [-0.15, -0.1) is 0 Å². The van der Waals surface area contributed by atoms with Gasteiger partial charge in [0.1, 0.15) is 12.4 Å². The summed E-state index contributed by atoms with van der Waals surface area (Å²) in [5, 5.41) is 9.87. The summed E-state index contributed by atoms with van der Waals surface area (Å²) < 4.78 is 41.7. The molecule has 0 bridgehead atoms. The van der Waals surface area contributed by atoms with Crippen LogP contribution in [0.1, 0.15) is 22.4 Å². The molecular formula is C19H17FN2O4S. The van der Waals surface area contributed by atoms with Crippen LogP contribution in [-0.2, 0) is 34.3 Å². The molecule has 2 N–H and O–H groups in total. The zero-order valence-corrected chi connectivity index (χ0v) is 15.3. The number of aromatic nitrogens is 1. The Morgan fingerprint density at radius 2 is 2.04 bits per heavy atom. The van der Waals surface area contributed by atoms with E-state index in [1.165, 1.54) is 12.1 Å². The van der Waals surface area contributed by atoms with E-state index in [0.29, 0.717) is 22.9 Å². The largest absolute Gasteiger partial charge is 0.480 e. The van der Waals surface area contributed by atoms with Crippen LogP contribution in [0.4, 0.5) is 4.39 Å². The fourth-order valence-electron chi connectivity index (χ4n) is 3.68. The van der Waals surface area contributed by atoms with Crippen molar-refractivity contribution in [1.29, 1.82) is 0 Å². The van der Waals surface area contributed by atoms with Crippen molar-refractivity contribution in [1.82, 2.24) is 9.29 Å². The van der Waals surface area contributed by atoms with Crippen LogP contribution in [0.3, 0.4) is 0 Å². The fourth-order valence-corrected chi connectivity index (χ4v) is 4.91. The second-order valence-electron chi connectivity index (χ2n) is 6.65. The minimum absolute atomic E-state index is 0.208. The number of hydrogen-bond donors (Lipinski definition) is 2. The van der Waals surface area contributed by atoms with Crippen molar-refractivity contribution in [2.75, 3.05) is 0 Å². The number of sulfonamides is 1. The van der Waals surface area contributed by atoms with Crippen molar-refractivity contribution in [2.24, 2.45) is 0 Å². The van der Waals surface area contributed by atoms with E-state index in [1.54, 1.807) is 22.8 Å². The maximum Gasteiger partial charge on any atom is 0.323 e. The van der Waals surface area contributed by atoms with Gasteiger partial charge in [0.15, 0.2) is 0 Å². The maximum absolute atomic E-state index is 13.8. The van der Waals surface area contributed by atoms with Gasteiger partial charge in [-0.2, -0.15) is 0 Å². The van der Waals surface area contributed by atoms with Gasteiger partial charge in [-0.1, -0.05) is 12.1 Å². The molecule has 2 aromatic carbocycles. The molecule has 0 saturated heterocycles. The third-order valence-corrected chi connectivity index (χ3v) is 6.46. The fraction of sp³-hybridized carbons (Fsp3) is 0.211. The van der Waals surface area contributed by atoms with Crippen molar-refractivity contribution in [3.63, 3.8) is 0 Å². The van der Waals surface area contributed by atoms with Crippen LogP contribution in [0.2, 0.25) is 0 Å². The molecule has 1 aliphatic heterocycles. The van der Waals surface area contributed by atoms with Crippen molar-refractivity contribution < 1.29 is 22.7 Å². The molecular weight excluding hydrogens is 371 g/mol. The van der Waals surface area contributed by atoms with E-state index < -0.39 is 16.0 Å². The molecule has 0 amide bonds. The number of carbonyl (C=O) groups is 1. The molecule has 0 unspecified atom stereocenters. The highest BCUT2D eigenvalue weighted by atomic mass is 32.2. The summed E-state index contributed by atoms with van der Waals surface area (Å²) >= 11 is 0. The van der Waals surface area contributed by atoms with Crippen LogP contribution < -0.4 is 4.72 Å². The van der Waals surface area contributed by atoms with Gasteiger partial charge in [0.25, 0.3) is 0 Å². The van der Waals surface area contributed by atoms with Gasteiger partial charge in [0.05, 0.1) is 4.90 Å². The summed E-state index contributed by atoms with van der Waals surface area (Å²) in [5.74, 6) is -1.36. The summed E-state index contributed by atoms with van der Waals surface area (Å²) in [6, 6.07) is 9.45. The Morgan fingerprint density at radius 1 is 1.26 bits per heavy atom. The second kappa shape index (κ2) is 6.17. The van der Waals surface area contributed by atoms with Gasteiger partial charge >= 0.3 is 5.97 Å². The molecule has 27 heavy (non-hydrogen) atoms. The number of rotatable bonds is 4. The average molecular weight is 388 g/mol. The lowest BCUT2D eigenvalue weighted by Crippen LogP contribution is -2.13. The lowest BCUT2D eigenvalue weighted by molar-refractivity contribution is -0.137. The molecule has 2 heterocycles. The summed E-state index contributed by atoms with van der Waals surface area (Å²) in [5.41, 5.74) is 3.83. The zero-order valence-electron chi connectivity index (χ0n) is 14.5. The lowest BCUT2D eigenvalue weighted by Gasteiger charge is -2.07. The number of halogens is 1. The molecule has 4 rings (SSSR count). The Kier molecular flexibility index (Phi) is 4.05. The number of hydrogen-bond acceptors (Lipinski definition) is 3. The number of carboxylic acid groups (broad SMARTS) is 1. The first-order valence-corrected chi connectivity index (χ1v) is 9.85. The van der Waals surface area contributed by atoms with Gasteiger partial charge in [0, 0.05) is 23.1 Å². The van der Waals surface area contributed by atoms with Crippen LogP contribution in [0.15, 0.2) is 41.3 Å². The average Bonchev–Trinajstić information content (AvgIpc) is 3.03. The number of aliphatic carboxylic acids is 1. The van der Waals surface area contributed by atoms with Crippen molar-refractivity contribution in [2.45, 2.75) is 31.3 Å². The van der Waals surface area contributed by atoms with E-state index in [4.69, 9.17) is 0 Å². The number of nitrogens with zero attached hydrogens (tertiary/aromatic N) is 1. The maximum atomic E-state index is 13.8. The SMILES string of the molecule is Cc1c(Cc2ccc3c(c2)CNS3(=O)=O)c2cc(F)ccc2n1CC(=O)O. The monoisotopic (exact) mass is 388 g/mol. The van der Waals surface area contributed by atoms with E-state index in [2.05, 4.69) is 4.72 Å². The highest BCUT2D eigenvalue weighted by Gasteiger charge is 2.25. The minimum atomic E-state index is -3.42. The quantitative estimate of drug-likeness (QED) is 0.719. The molecule has 0 atom stereocenters. The molecule has 0 aliphatic carbocycles. The Labute approximate surface area is 155 Å². The Hall–Kier alpha value is -2.71. The first kappa shape index (κ1) is 17.7. The van der Waals surface area contributed by atoms with E-state index in [1.807, 2.05) is 13.0 Å². The highest BCUT2D eigenvalue weighted by molar-refractivity contribution is 7.89. The van der Waals surface area contributed by atoms with Gasteiger partial charge in [-0.25, -0.2) is 17.5 Å². The summed E-state index contributed by atoms with van der Waals surface area (Å²) in [6.45, 7) is 1.86. The number of nitrogens with one attached hydrogen (secondary N) is 1. The Bertz CT molecular complexity index is 1200. The van der Waals surface area contributed by atoms with Gasteiger partial charge in [-0.05, 0) is 54.3 Å². The minimum Gasteiger partial charge on any atom is -0.480 e. The lowest BCUT2D eigenvalue weighted by atomic mass is 10.0. The van der Waals surface area contributed by atoms with Crippen molar-refractivity contribution >= 4 is 26.9 Å². The normalized spacial score (nSPS) is 15.2. The van der Waals surface area contributed by atoms with Crippen LogP contribution in [0.5, 0.6) is 0 Å². The molecule has 140 valence electrons. The van der Waals surface area contributed by atoms with Gasteiger partial charge in [0.2, 0.25) is 10.0 Å². The molecule has 0 spiro atoms. The predicted octanol–water partition coefficient (Wildman–Crippen LogP) is 2.56. The van der Waals surface area contributed by atoms with Crippen molar-refractivity contribution in [3.8, 4) is 0 Å². The highest BCUT2D eigenvalue weighted by Crippen LogP contribution is 2.30. The molecule has 0 radical (unpaired) electrons. The van der Waals surface area contributed by atoms with Crippen LogP contribution in [0.25, 0.3) is 10.9 Å². The molecule has 6 nitrogen and oxygen atoms in total.